The van der Waals surface area contributed by atoms with Gasteiger partial charge < -0.3 is 9.64 Å². The fourth-order valence-electron chi connectivity index (χ4n) is 1.49. The number of pyridine rings is 1. The first-order valence-corrected chi connectivity index (χ1v) is 7.15. The summed E-state index contributed by atoms with van der Waals surface area (Å²) >= 11 is 1.16. The number of anilines is 1. The van der Waals surface area contributed by atoms with Crippen LogP contribution in [0, 0.1) is 0 Å². The Morgan fingerprint density at radius 3 is 2.82 bits per heavy atom. The molecule has 0 saturated carbocycles. The van der Waals surface area contributed by atoms with Crippen molar-refractivity contribution >= 4 is 28.3 Å². The average Bonchev–Trinajstić information content (AvgIpc) is 2.94. The highest BCUT2D eigenvalue weighted by Gasteiger charge is 2.14. The Kier molecular flexibility index (Phi) is 4.99. The molecule has 0 spiro atoms. The Morgan fingerprint density at radius 1 is 1.36 bits per heavy atom. The molecule has 2 amide bonds. The Hall–Kier alpha value is -2.55. The zero-order valence-corrected chi connectivity index (χ0v) is 13.2. The molecule has 1 N–H and O–H groups in total. The van der Waals surface area contributed by atoms with Gasteiger partial charge in [-0.15, -0.1) is 10.2 Å². The Labute approximate surface area is 131 Å². The van der Waals surface area contributed by atoms with Gasteiger partial charge in [-0.05, 0) is 6.07 Å². The summed E-state index contributed by atoms with van der Waals surface area (Å²) in [6.45, 7) is 0. The van der Waals surface area contributed by atoms with Gasteiger partial charge in [0.05, 0.1) is 13.5 Å². The molecule has 2 aromatic heterocycles. The van der Waals surface area contributed by atoms with Crippen molar-refractivity contribution < 1.29 is 14.3 Å². The number of carbonyl (C=O) groups is 2. The number of rotatable bonds is 5. The molecule has 0 atom stereocenters. The summed E-state index contributed by atoms with van der Waals surface area (Å²) in [6, 6.07) is 3.09. The van der Waals surface area contributed by atoms with Crippen LogP contribution in [0.1, 0.15) is 15.4 Å². The average molecular weight is 321 g/mol. The number of nitrogens with zero attached hydrogens (tertiary/aromatic N) is 4. The smallest absolute Gasteiger partial charge is 0.257 e. The first-order valence-electron chi connectivity index (χ1n) is 6.33. The van der Waals surface area contributed by atoms with Crippen molar-refractivity contribution in [2.45, 2.75) is 6.42 Å². The molecule has 0 aliphatic rings. The first kappa shape index (κ1) is 15.8. The molecule has 9 heteroatoms. The standard InChI is InChI=1S/C13H15N5O3S/c1-18(2)11(19)7-10-16-17-13(22-10)15-12(20)8-4-5-14-9(6-8)21-3/h4-6H,7H2,1-3H3,(H,15,17,20). The normalized spacial score (nSPS) is 10.1. The van der Waals surface area contributed by atoms with Gasteiger partial charge in [0.15, 0.2) is 0 Å². The predicted octanol–water partition coefficient (Wildman–Crippen LogP) is 0.825. The third-order valence-corrected chi connectivity index (χ3v) is 3.53. The Morgan fingerprint density at radius 2 is 2.14 bits per heavy atom. The lowest BCUT2D eigenvalue weighted by Crippen LogP contribution is -2.23. The highest BCUT2D eigenvalue weighted by atomic mass is 32.1. The number of amides is 2. The molecule has 0 unspecified atom stereocenters. The molecule has 2 aromatic rings. The second-order valence-electron chi connectivity index (χ2n) is 4.51. The van der Waals surface area contributed by atoms with Gasteiger partial charge in [0.1, 0.15) is 5.01 Å². The minimum atomic E-state index is -0.345. The molecule has 0 aliphatic carbocycles. The number of carbonyl (C=O) groups excluding carboxylic acids is 2. The molecule has 0 aliphatic heterocycles. The Balaban J connectivity index is 2.03. The first-order chi connectivity index (χ1) is 10.5. The SMILES string of the molecule is COc1cc(C(=O)Nc2nnc(CC(=O)N(C)C)s2)ccn1. The van der Waals surface area contributed by atoms with Crippen molar-refractivity contribution in [2.75, 3.05) is 26.5 Å². The molecule has 0 fully saturated rings. The second-order valence-corrected chi connectivity index (χ2v) is 5.57. The van der Waals surface area contributed by atoms with E-state index >= 15 is 0 Å². The van der Waals surface area contributed by atoms with Crippen LogP contribution in [-0.2, 0) is 11.2 Å². The molecule has 0 aromatic carbocycles. The van der Waals surface area contributed by atoms with Gasteiger partial charge in [0.2, 0.25) is 16.9 Å². The number of aromatic nitrogens is 3. The summed E-state index contributed by atoms with van der Waals surface area (Å²) in [6.07, 6.45) is 1.64. The van der Waals surface area contributed by atoms with Crippen molar-refractivity contribution in [3.05, 3.63) is 28.9 Å². The lowest BCUT2D eigenvalue weighted by molar-refractivity contribution is -0.127. The van der Waals surface area contributed by atoms with Crippen molar-refractivity contribution in [1.29, 1.82) is 0 Å². The van der Waals surface area contributed by atoms with Crippen molar-refractivity contribution in [2.24, 2.45) is 0 Å². The lowest BCUT2D eigenvalue weighted by atomic mass is 10.2. The summed E-state index contributed by atoms with van der Waals surface area (Å²) in [4.78, 5) is 29.1. The van der Waals surface area contributed by atoms with Gasteiger partial charge in [-0.25, -0.2) is 4.98 Å². The van der Waals surface area contributed by atoms with E-state index in [-0.39, 0.29) is 18.2 Å². The number of nitrogens with one attached hydrogen (secondary N) is 1. The zero-order chi connectivity index (χ0) is 16.1. The van der Waals surface area contributed by atoms with Crippen LogP contribution in [0.4, 0.5) is 5.13 Å². The van der Waals surface area contributed by atoms with Crippen LogP contribution in [-0.4, -0.2) is 53.1 Å². The molecular formula is C13H15N5O3S. The van der Waals surface area contributed by atoms with Crippen molar-refractivity contribution in [3.63, 3.8) is 0 Å². The number of hydrogen-bond acceptors (Lipinski definition) is 7. The fraction of sp³-hybridized carbons (Fsp3) is 0.308. The van der Waals surface area contributed by atoms with Crippen LogP contribution < -0.4 is 10.1 Å². The monoisotopic (exact) mass is 321 g/mol. The minimum Gasteiger partial charge on any atom is -0.481 e. The quantitative estimate of drug-likeness (QED) is 0.876. The third-order valence-electron chi connectivity index (χ3n) is 2.69. The Bertz CT molecular complexity index is 686. The van der Waals surface area contributed by atoms with Gasteiger partial charge in [0, 0.05) is 31.9 Å². The molecule has 0 saturated heterocycles. The van der Waals surface area contributed by atoms with E-state index in [0.717, 1.165) is 11.3 Å². The summed E-state index contributed by atoms with van der Waals surface area (Å²) in [5, 5.41) is 11.3. The van der Waals surface area contributed by atoms with Gasteiger partial charge in [-0.1, -0.05) is 11.3 Å². The van der Waals surface area contributed by atoms with Gasteiger partial charge in [-0.2, -0.15) is 0 Å². The second kappa shape index (κ2) is 6.94. The number of methoxy groups -OCH3 is 1. The van der Waals surface area contributed by atoms with Crippen molar-refractivity contribution in [1.82, 2.24) is 20.1 Å². The summed E-state index contributed by atoms with van der Waals surface area (Å²) in [5.41, 5.74) is 0.396. The highest BCUT2D eigenvalue weighted by Crippen LogP contribution is 2.18. The topological polar surface area (TPSA) is 97.3 Å². The summed E-state index contributed by atoms with van der Waals surface area (Å²) in [7, 11) is 4.81. The number of likely N-dealkylation sites (N-methyl/N-ethyl adjacent to an activating group) is 1. The van der Waals surface area contributed by atoms with Crippen LogP contribution >= 0.6 is 11.3 Å². The third kappa shape index (κ3) is 3.98. The van der Waals surface area contributed by atoms with E-state index in [1.165, 1.54) is 24.3 Å². The largest absolute Gasteiger partial charge is 0.481 e. The van der Waals surface area contributed by atoms with Crippen LogP contribution in [0.3, 0.4) is 0 Å². The van der Waals surface area contributed by atoms with Gasteiger partial charge in [-0.3, -0.25) is 14.9 Å². The molecular weight excluding hydrogens is 306 g/mol. The predicted molar refractivity (Wildman–Crippen MR) is 81.0 cm³/mol. The molecule has 0 radical (unpaired) electrons. The lowest BCUT2D eigenvalue weighted by Gasteiger charge is -2.07. The fourth-order valence-corrected chi connectivity index (χ4v) is 2.22. The number of hydrogen-bond donors (Lipinski definition) is 1. The van der Waals surface area contributed by atoms with Crippen LogP contribution in [0.15, 0.2) is 18.3 Å². The van der Waals surface area contributed by atoms with E-state index in [1.54, 1.807) is 20.2 Å². The van der Waals surface area contributed by atoms with Crippen LogP contribution in [0.5, 0.6) is 5.88 Å². The van der Waals surface area contributed by atoms with Crippen molar-refractivity contribution in [3.8, 4) is 5.88 Å². The number of ether oxygens (including phenoxy) is 1. The maximum Gasteiger partial charge on any atom is 0.257 e. The minimum absolute atomic E-state index is 0.0760. The van der Waals surface area contributed by atoms with E-state index in [2.05, 4.69) is 20.5 Å². The highest BCUT2D eigenvalue weighted by molar-refractivity contribution is 7.15. The summed E-state index contributed by atoms with van der Waals surface area (Å²) < 4.78 is 4.97. The van der Waals surface area contributed by atoms with E-state index in [9.17, 15) is 9.59 Å². The molecule has 2 heterocycles. The van der Waals surface area contributed by atoms with E-state index in [0.29, 0.717) is 21.6 Å². The van der Waals surface area contributed by atoms with E-state index in [1.807, 2.05) is 0 Å². The molecule has 22 heavy (non-hydrogen) atoms. The molecule has 0 bridgehead atoms. The van der Waals surface area contributed by atoms with Crippen LogP contribution in [0.25, 0.3) is 0 Å². The summed E-state index contributed by atoms with van der Waals surface area (Å²) in [5.74, 6) is -0.0718. The van der Waals surface area contributed by atoms with E-state index < -0.39 is 0 Å². The maximum absolute atomic E-state index is 12.1. The van der Waals surface area contributed by atoms with E-state index in [4.69, 9.17) is 4.74 Å². The zero-order valence-electron chi connectivity index (χ0n) is 12.4. The van der Waals surface area contributed by atoms with Crippen LogP contribution in [0.2, 0.25) is 0 Å². The molecule has 8 nitrogen and oxygen atoms in total. The molecule has 116 valence electrons. The molecule has 2 rings (SSSR count). The van der Waals surface area contributed by atoms with Gasteiger partial charge >= 0.3 is 0 Å². The van der Waals surface area contributed by atoms with Gasteiger partial charge in [0.25, 0.3) is 5.91 Å². The maximum atomic E-state index is 12.1.